The van der Waals surface area contributed by atoms with Gasteiger partial charge in [-0.2, -0.15) is 0 Å². The molecule has 0 aromatic heterocycles. The first-order valence-electron chi connectivity index (χ1n) is 10.2. The summed E-state index contributed by atoms with van der Waals surface area (Å²) in [6, 6.07) is 6.49. The number of azide groups is 1. The van der Waals surface area contributed by atoms with Crippen LogP contribution in [0, 0.1) is 20.2 Å². The molecule has 0 heterocycles. The second-order valence-corrected chi connectivity index (χ2v) is 6.76. The van der Waals surface area contributed by atoms with Gasteiger partial charge in [-0.1, -0.05) is 29.4 Å². The van der Waals surface area contributed by atoms with Gasteiger partial charge >= 0.3 is 6.09 Å². The molecule has 190 valence electrons. The molecule has 0 fully saturated rings. The minimum atomic E-state index is -0.928. The molecule has 1 aromatic rings. The summed E-state index contributed by atoms with van der Waals surface area (Å²) in [5.41, 5.74) is 20.3. The zero-order valence-corrected chi connectivity index (χ0v) is 18.6. The predicted octanol–water partition coefficient (Wildman–Crippen LogP) is 0.929. The van der Waals surface area contributed by atoms with Crippen molar-refractivity contribution in [3.8, 4) is 0 Å². The summed E-state index contributed by atoms with van der Waals surface area (Å²) in [5.74, 6) is -0.675. The zero-order valence-electron chi connectivity index (χ0n) is 18.6. The quantitative estimate of drug-likeness (QED) is 0.0415. The molecule has 0 spiro atoms. The SMILES string of the molecule is [N-]=[N+]=Nc1ccc(COC(=O)N(CCCCN/C(N)=N/[N+](=O)[O-])CCCN/C(N)=N/[N+](=O)[O-])cc1. The predicted molar refractivity (Wildman–Crippen MR) is 124 cm³/mol. The maximum absolute atomic E-state index is 12.6. The Morgan fingerprint density at radius 3 is 2.09 bits per heavy atom. The van der Waals surface area contributed by atoms with Gasteiger partial charge in [0.2, 0.25) is 0 Å². The van der Waals surface area contributed by atoms with E-state index < -0.39 is 16.2 Å². The summed E-state index contributed by atoms with van der Waals surface area (Å²) < 4.78 is 5.36. The monoisotopic (exact) mass is 494 g/mol. The van der Waals surface area contributed by atoms with Crippen molar-refractivity contribution in [2.75, 3.05) is 26.2 Å². The van der Waals surface area contributed by atoms with E-state index in [1.807, 2.05) is 0 Å². The average molecular weight is 494 g/mol. The normalized spacial score (nSPS) is 11.2. The van der Waals surface area contributed by atoms with E-state index in [2.05, 4.69) is 30.9 Å². The first-order chi connectivity index (χ1) is 16.7. The molecule has 1 amide bonds. The van der Waals surface area contributed by atoms with Crippen LogP contribution in [0.3, 0.4) is 0 Å². The van der Waals surface area contributed by atoms with Crippen LogP contribution in [0.15, 0.2) is 39.6 Å². The molecule has 0 unspecified atom stereocenters. The Morgan fingerprint density at radius 2 is 1.54 bits per heavy atom. The van der Waals surface area contributed by atoms with Crippen molar-refractivity contribution < 1.29 is 19.6 Å². The molecule has 0 saturated carbocycles. The number of benzene rings is 1. The summed E-state index contributed by atoms with van der Waals surface area (Å²) in [7, 11) is 0. The van der Waals surface area contributed by atoms with Crippen LogP contribution in [0.4, 0.5) is 10.5 Å². The number of amides is 1. The molecule has 0 aliphatic rings. The van der Waals surface area contributed by atoms with Crippen LogP contribution in [0.25, 0.3) is 10.4 Å². The third-order valence-electron chi connectivity index (χ3n) is 4.17. The summed E-state index contributed by atoms with van der Waals surface area (Å²) in [4.78, 5) is 37.3. The third-order valence-corrected chi connectivity index (χ3v) is 4.17. The maximum Gasteiger partial charge on any atom is 0.410 e. The van der Waals surface area contributed by atoms with Gasteiger partial charge in [-0.3, -0.25) is 0 Å². The molecule has 0 atom stereocenters. The van der Waals surface area contributed by atoms with Gasteiger partial charge in [-0.15, -0.1) is 0 Å². The first-order valence-corrected chi connectivity index (χ1v) is 10.2. The van der Waals surface area contributed by atoms with Crippen LogP contribution >= 0.6 is 0 Å². The van der Waals surface area contributed by atoms with Crippen molar-refractivity contribution in [1.82, 2.24) is 15.5 Å². The number of carbonyl (C=O) groups excluding carboxylic acids is 1. The summed E-state index contributed by atoms with van der Waals surface area (Å²) in [6.45, 7) is 1.08. The van der Waals surface area contributed by atoms with Crippen molar-refractivity contribution in [2.45, 2.75) is 25.9 Å². The van der Waals surface area contributed by atoms with E-state index in [-0.39, 0.29) is 31.6 Å². The third kappa shape index (κ3) is 13.3. The Labute approximate surface area is 198 Å². The molecule has 1 rings (SSSR count). The molecule has 18 nitrogen and oxygen atoms in total. The van der Waals surface area contributed by atoms with Crippen LogP contribution < -0.4 is 22.1 Å². The smallest absolute Gasteiger partial charge is 0.410 e. The minimum absolute atomic E-state index is 0.0119. The largest absolute Gasteiger partial charge is 0.445 e. The lowest BCUT2D eigenvalue weighted by atomic mass is 10.2. The van der Waals surface area contributed by atoms with Crippen LogP contribution in [-0.2, 0) is 11.3 Å². The number of hydrazone groups is 2. The van der Waals surface area contributed by atoms with Gasteiger partial charge in [0.1, 0.15) is 16.8 Å². The van der Waals surface area contributed by atoms with Gasteiger partial charge in [0.25, 0.3) is 11.9 Å². The maximum atomic E-state index is 12.6. The van der Waals surface area contributed by atoms with Crippen LogP contribution in [0.1, 0.15) is 24.8 Å². The lowest BCUT2D eigenvalue weighted by molar-refractivity contribution is -0.485. The number of guanidine groups is 2. The van der Waals surface area contributed by atoms with Gasteiger partial charge in [0.05, 0.1) is 0 Å². The molecular formula is C17H26N12O6. The topological polar surface area (TPSA) is 265 Å². The Kier molecular flexibility index (Phi) is 12.8. The van der Waals surface area contributed by atoms with Gasteiger partial charge in [0.15, 0.2) is 10.1 Å². The second kappa shape index (κ2) is 15.9. The number of nitro groups is 2. The molecule has 1 aromatic carbocycles. The molecule has 0 aliphatic carbocycles. The molecule has 6 N–H and O–H groups in total. The lowest BCUT2D eigenvalue weighted by Crippen LogP contribution is -2.38. The molecular weight excluding hydrogens is 468 g/mol. The number of hydrogen-bond donors (Lipinski definition) is 4. The van der Waals surface area contributed by atoms with Crippen molar-refractivity contribution in [3.63, 3.8) is 0 Å². The molecule has 35 heavy (non-hydrogen) atoms. The van der Waals surface area contributed by atoms with Crippen molar-refractivity contribution >= 4 is 23.7 Å². The highest BCUT2D eigenvalue weighted by atomic mass is 16.7. The number of nitrogens with one attached hydrogen (secondary N) is 2. The number of rotatable bonds is 14. The van der Waals surface area contributed by atoms with Crippen LogP contribution in [0.5, 0.6) is 0 Å². The summed E-state index contributed by atoms with van der Waals surface area (Å²) in [5, 5.41) is 33.2. The second-order valence-electron chi connectivity index (χ2n) is 6.76. The highest BCUT2D eigenvalue weighted by Crippen LogP contribution is 2.14. The van der Waals surface area contributed by atoms with E-state index in [1.54, 1.807) is 24.3 Å². The number of nitrogens with two attached hydrogens (primary N) is 2. The molecule has 0 bridgehead atoms. The number of unbranched alkanes of at least 4 members (excludes halogenated alkanes) is 1. The summed E-state index contributed by atoms with van der Waals surface area (Å²) >= 11 is 0. The van der Waals surface area contributed by atoms with E-state index in [0.717, 1.165) is 0 Å². The van der Waals surface area contributed by atoms with Crippen molar-refractivity contribution in [1.29, 1.82) is 0 Å². The number of hydrogen-bond acceptors (Lipinski definition) is 7. The van der Waals surface area contributed by atoms with E-state index in [4.69, 9.17) is 21.7 Å². The summed E-state index contributed by atoms with van der Waals surface area (Å²) in [6.07, 6.45) is 0.857. The zero-order chi connectivity index (χ0) is 26.1. The van der Waals surface area contributed by atoms with E-state index >= 15 is 0 Å². The molecule has 0 aliphatic heterocycles. The minimum Gasteiger partial charge on any atom is -0.445 e. The van der Waals surface area contributed by atoms with Gasteiger partial charge < -0.3 is 31.7 Å². The van der Waals surface area contributed by atoms with Crippen LogP contribution in [0.2, 0.25) is 0 Å². The van der Waals surface area contributed by atoms with E-state index in [0.29, 0.717) is 43.6 Å². The van der Waals surface area contributed by atoms with Gasteiger partial charge in [-0.05, 0) is 30.4 Å². The van der Waals surface area contributed by atoms with Crippen molar-refractivity contribution in [2.24, 2.45) is 26.8 Å². The standard InChI is InChI=1S/C17H26N12O6/c18-15(24-28(31)32)21-8-1-2-10-27(11-3-9-22-16(19)25-29(33)34)17(30)35-12-13-4-6-14(7-5-13)23-26-20/h4-7H,1-3,8-12H2,(H3,18,21,24)(H3,19,22,25). The number of ether oxygens (including phenoxy) is 1. The number of carbonyl (C=O) groups is 1. The molecule has 18 heteroatoms. The van der Waals surface area contributed by atoms with Crippen LogP contribution in [-0.4, -0.2) is 59.2 Å². The van der Waals surface area contributed by atoms with Gasteiger partial charge in [-0.25, -0.2) is 25.0 Å². The van der Waals surface area contributed by atoms with E-state index in [9.17, 15) is 25.0 Å². The fraction of sp³-hybridized carbons (Fsp3) is 0.471. The Bertz CT molecular complexity index is 961. The van der Waals surface area contributed by atoms with E-state index in [1.165, 1.54) is 4.90 Å². The van der Waals surface area contributed by atoms with Gasteiger partial charge in [0, 0.05) is 36.8 Å². The molecule has 0 saturated heterocycles. The number of nitrogens with zero attached hydrogens (tertiary/aromatic N) is 8. The fourth-order valence-corrected chi connectivity index (χ4v) is 2.62. The lowest BCUT2D eigenvalue weighted by Gasteiger charge is -2.22. The Morgan fingerprint density at radius 1 is 1.00 bits per heavy atom. The average Bonchev–Trinajstić information content (AvgIpc) is 2.78. The first kappa shape index (κ1) is 28.2. The molecule has 0 radical (unpaired) electrons. The highest BCUT2D eigenvalue weighted by molar-refractivity contribution is 5.77. The highest BCUT2D eigenvalue weighted by Gasteiger charge is 2.15. The van der Waals surface area contributed by atoms with Crippen molar-refractivity contribution in [3.05, 3.63) is 60.5 Å². The fourth-order valence-electron chi connectivity index (χ4n) is 2.62. The Hall–Kier alpha value is -4.86. The Balaban J connectivity index is 2.59.